The first kappa shape index (κ1) is 21.0. The zero-order chi connectivity index (χ0) is 22.0. The van der Waals surface area contributed by atoms with Crippen molar-refractivity contribution in [3.8, 4) is 0 Å². The molecule has 0 radical (unpaired) electrons. The number of nitrogens with one attached hydrogen (secondary N) is 1. The van der Waals surface area contributed by atoms with E-state index in [0.29, 0.717) is 23.7 Å². The monoisotopic (exact) mass is 412 g/mol. The fourth-order valence-corrected chi connectivity index (χ4v) is 3.37. The number of unbranched alkanes of at least 4 members (excludes halogenated alkanes) is 1. The largest absolute Gasteiger partial charge is 0.383 e. The molecule has 0 aliphatic heterocycles. The number of rotatable bonds is 6. The number of benzene rings is 1. The molecule has 2 aromatic heterocycles. The van der Waals surface area contributed by atoms with Crippen LogP contribution in [0.5, 0.6) is 0 Å². The first-order chi connectivity index (χ1) is 14.3. The third kappa shape index (κ3) is 3.51. The Bertz CT molecular complexity index is 1290. The summed E-state index contributed by atoms with van der Waals surface area (Å²) in [6.07, 6.45) is 1.51. The molecule has 3 aromatic rings. The minimum atomic E-state index is -0.755. The molecule has 10 nitrogen and oxygen atoms in total. The molecule has 0 saturated heterocycles. The second-order valence-corrected chi connectivity index (χ2v) is 6.87. The topological polar surface area (TPSA) is 136 Å². The van der Waals surface area contributed by atoms with Crippen LogP contribution >= 0.6 is 0 Å². The number of aromatic amines is 1. The molecule has 0 aliphatic rings. The lowest BCUT2D eigenvalue weighted by atomic mass is 10.1. The van der Waals surface area contributed by atoms with Crippen LogP contribution in [0.4, 0.5) is 11.5 Å². The number of carbonyl (C=O) groups excluding carboxylic acids is 1. The zero-order valence-corrected chi connectivity index (χ0v) is 17.1. The number of aryl methyl sites for hydroxylation is 1. The van der Waals surface area contributed by atoms with Gasteiger partial charge in [-0.1, -0.05) is 31.5 Å². The molecule has 0 saturated carbocycles. The number of nitrogen functional groups attached to an aromatic ring is 1. The lowest BCUT2D eigenvalue weighted by molar-refractivity contribution is 0.0983. The molecule has 30 heavy (non-hydrogen) atoms. The van der Waals surface area contributed by atoms with Gasteiger partial charge in [-0.3, -0.25) is 28.8 Å². The smallest absolute Gasteiger partial charge is 0.330 e. The maximum Gasteiger partial charge on any atom is 0.330 e. The number of H-pyrrole nitrogens is 1. The molecule has 3 rings (SSSR count). The Labute approximate surface area is 171 Å². The summed E-state index contributed by atoms with van der Waals surface area (Å²) in [5.41, 5.74) is 4.35. The Hall–Kier alpha value is -3.69. The minimum absolute atomic E-state index is 0.0136. The molecule has 0 fully saturated rings. The molecule has 0 bridgehead atoms. The van der Waals surface area contributed by atoms with Gasteiger partial charge >= 0.3 is 5.69 Å². The Morgan fingerprint density at radius 2 is 1.83 bits per heavy atom. The first-order valence-corrected chi connectivity index (χ1v) is 9.72. The summed E-state index contributed by atoms with van der Waals surface area (Å²) in [4.78, 5) is 54.0. The number of hydrogen-bond acceptors (Lipinski definition) is 6. The molecule has 1 amide bonds. The van der Waals surface area contributed by atoms with Crippen LogP contribution in [-0.2, 0) is 13.6 Å². The molecule has 0 atom stereocenters. The van der Waals surface area contributed by atoms with Crippen LogP contribution in [0.25, 0.3) is 10.8 Å². The van der Waals surface area contributed by atoms with Gasteiger partial charge in [-0.2, -0.15) is 5.10 Å². The van der Waals surface area contributed by atoms with Crippen molar-refractivity contribution >= 4 is 28.2 Å². The van der Waals surface area contributed by atoms with Crippen molar-refractivity contribution in [3.63, 3.8) is 0 Å². The highest BCUT2D eigenvalue weighted by Gasteiger charge is 2.27. The Kier molecular flexibility index (Phi) is 5.86. The predicted molar refractivity (Wildman–Crippen MR) is 115 cm³/mol. The summed E-state index contributed by atoms with van der Waals surface area (Å²) in [5.74, 6) is -0.677. The number of fused-ring (bicyclic) bond motifs is 1. The zero-order valence-electron chi connectivity index (χ0n) is 17.1. The summed E-state index contributed by atoms with van der Waals surface area (Å²) in [7, 11) is 1.45. The second kappa shape index (κ2) is 8.36. The van der Waals surface area contributed by atoms with Crippen LogP contribution in [0, 0.1) is 0 Å². The van der Waals surface area contributed by atoms with Crippen LogP contribution in [0.2, 0.25) is 0 Å². The molecule has 1 aromatic carbocycles. The van der Waals surface area contributed by atoms with Gasteiger partial charge in [0.15, 0.2) is 11.4 Å². The van der Waals surface area contributed by atoms with Crippen molar-refractivity contribution in [1.82, 2.24) is 19.3 Å². The minimum Gasteiger partial charge on any atom is -0.383 e. The van der Waals surface area contributed by atoms with Crippen LogP contribution < -0.4 is 27.4 Å². The van der Waals surface area contributed by atoms with Crippen LogP contribution in [0.1, 0.15) is 37.2 Å². The van der Waals surface area contributed by atoms with Gasteiger partial charge < -0.3 is 5.73 Å². The molecule has 0 spiro atoms. The maximum atomic E-state index is 13.4. The number of nitrogens with two attached hydrogens (primary N) is 1. The number of anilines is 2. The Morgan fingerprint density at radius 3 is 2.47 bits per heavy atom. The third-order valence-corrected chi connectivity index (χ3v) is 4.94. The van der Waals surface area contributed by atoms with E-state index in [-0.39, 0.29) is 29.3 Å². The summed E-state index contributed by atoms with van der Waals surface area (Å²) in [6, 6.07) is 6.63. The molecule has 2 heterocycles. The van der Waals surface area contributed by atoms with Crippen molar-refractivity contribution in [2.24, 2.45) is 7.05 Å². The normalized spacial score (nSPS) is 11.0. The van der Waals surface area contributed by atoms with Gasteiger partial charge in [-0.05, 0) is 19.4 Å². The summed E-state index contributed by atoms with van der Waals surface area (Å²) in [5, 5.41) is 4.85. The van der Waals surface area contributed by atoms with Gasteiger partial charge in [-0.15, -0.1) is 0 Å². The van der Waals surface area contributed by atoms with E-state index in [4.69, 9.17) is 5.73 Å². The molecular formula is C20H24N6O4. The fraction of sp³-hybridized carbons (Fsp3) is 0.350. The standard InChI is InChI=1S/C20H24N6O4/c1-4-6-11-26-16(21)15(17(27)22-20(26)30)25(5-2)19(29)14-12-9-7-8-10-13(12)18(28)24(3)23-14/h7-10H,4-6,11,21H2,1-3H3,(H,22,27,30). The van der Waals surface area contributed by atoms with E-state index in [1.165, 1.54) is 16.5 Å². The summed E-state index contributed by atoms with van der Waals surface area (Å²) < 4.78 is 2.33. The second-order valence-electron chi connectivity index (χ2n) is 6.87. The highest BCUT2D eigenvalue weighted by molar-refractivity contribution is 6.13. The van der Waals surface area contributed by atoms with E-state index in [2.05, 4.69) is 10.1 Å². The Balaban J connectivity index is 2.22. The lowest BCUT2D eigenvalue weighted by Gasteiger charge is -2.23. The number of hydrogen-bond donors (Lipinski definition) is 2. The highest BCUT2D eigenvalue weighted by atomic mass is 16.2. The van der Waals surface area contributed by atoms with Gasteiger partial charge in [0.2, 0.25) is 0 Å². The first-order valence-electron chi connectivity index (χ1n) is 9.72. The summed E-state index contributed by atoms with van der Waals surface area (Å²) in [6.45, 7) is 4.07. The van der Waals surface area contributed by atoms with Gasteiger partial charge in [-0.25, -0.2) is 9.48 Å². The average Bonchev–Trinajstić information content (AvgIpc) is 2.73. The number of aromatic nitrogens is 4. The lowest BCUT2D eigenvalue weighted by Crippen LogP contribution is -2.42. The SMILES string of the molecule is CCCCn1c(N)c(N(CC)C(=O)c2nn(C)c(=O)c3ccccc23)c(=O)[nH]c1=O. The number of amides is 1. The fourth-order valence-electron chi connectivity index (χ4n) is 3.37. The molecule has 10 heteroatoms. The maximum absolute atomic E-state index is 13.4. The molecule has 158 valence electrons. The summed E-state index contributed by atoms with van der Waals surface area (Å²) >= 11 is 0. The van der Waals surface area contributed by atoms with Gasteiger partial charge in [0.1, 0.15) is 5.82 Å². The van der Waals surface area contributed by atoms with Crippen molar-refractivity contribution < 1.29 is 4.79 Å². The van der Waals surface area contributed by atoms with E-state index in [0.717, 1.165) is 11.1 Å². The van der Waals surface area contributed by atoms with Crippen LogP contribution in [0.3, 0.4) is 0 Å². The van der Waals surface area contributed by atoms with Crippen molar-refractivity contribution in [2.75, 3.05) is 17.2 Å². The third-order valence-electron chi connectivity index (χ3n) is 4.94. The van der Waals surface area contributed by atoms with Gasteiger partial charge in [0, 0.05) is 25.5 Å². The van der Waals surface area contributed by atoms with Crippen molar-refractivity contribution in [1.29, 1.82) is 0 Å². The van der Waals surface area contributed by atoms with E-state index in [1.807, 2.05) is 6.92 Å². The van der Waals surface area contributed by atoms with E-state index in [9.17, 15) is 19.2 Å². The molecule has 0 aliphatic carbocycles. The van der Waals surface area contributed by atoms with Crippen LogP contribution in [0.15, 0.2) is 38.6 Å². The predicted octanol–water partition coefficient (Wildman–Crippen LogP) is 0.833. The number of nitrogens with zero attached hydrogens (tertiary/aromatic N) is 4. The number of carbonyl (C=O) groups is 1. The Morgan fingerprint density at radius 1 is 1.17 bits per heavy atom. The van der Waals surface area contributed by atoms with E-state index >= 15 is 0 Å². The quantitative estimate of drug-likeness (QED) is 0.615. The van der Waals surface area contributed by atoms with Crippen LogP contribution in [-0.4, -0.2) is 31.8 Å². The van der Waals surface area contributed by atoms with Gasteiger partial charge in [0.05, 0.1) is 5.39 Å². The van der Waals surface area contributed by atoms with Gasteiger partial charge in [0.25, 0.3) is 17.0 Å². The van der Waals surface area contributed by atoms with Crippen molar-refractivity contribution in [2.45, 2.75) is 33.2 Å². The molecule has 3 N–H and O–H groups in total. The van der Waals surface area contributed by atoms with Crippen molar-refractivity contribution in [3.05, 3.63) is 61.2 Å². The van der Waals surface area contributed by atoms with E-state index < -0.39 is 17.2 Å². The molecule has 0 unspecified atom stereocenters. The van der Waals surface area contributed by atoms with E-state index in [1.54, 1.807) is 31.2 Å². The molecular weight excluding hydrogens is 388 g/mol. The average molecular weight is 412 g/mol. The highest BCUT2D eigenvalue weighted by Crippen LogP contribution is 2.21.